The van der Waals surface area contributed by atoms with Gasteiger partial charge in [-0.3, -0.25) is 4.31 Å². The van der Waals surface area contributed by atoms with Gasteiger partial charge in [-0.1, -0.05) is 55.5 Å². The van der Waals surface area contributed by atoms with Crippen LogP contribution in [0.1, 0.15) is 18.2 Å². The van der Waals surface area contributed by atoms with Crippen molar-refractivity contribution in [1.29, 1.82) is 0 Å². The van der Waals surface area contributed by atoms with Crippen LogP contribution in [0.15, 0.2) is 96.0 Å². The van der Waals surface area contributed by atoms with Crippen molar-refractivity contribution in [2.75, 3.05) is 11.4 Å². The molecule has 164 valence electrons. The van der Waals surface area contributed by atoms with E-state index in [-0.39, 0.29) is 11.4 Å². The van der Waals surface area contributed by atoms with Gasteiger partial charge in [0, 0.05) is 0 Å². The molecular formula is C25H25N3O3S. The number of sulfonamides is 1. The Morgan fingerprint density at radius 1 is 0.906 bits per heavy atom. The molecule has 0 bridgehead atoms. The van der Waals surface area contributed by atoms with Crippen LogP contribution in [0.5, 0.6) is 5.75 Å². The fourth-order valence-corrected chi connectivity index (χ4v) is 4.96. The average Bonchev–Trinajstić information content (AvgIpc) is 3.27. The number of ether oxygens (including phenoxy) is 1. The van der Waals surface area contributed by atoms with Gasteiger partial charge >= 0.3 is 0 Å². The van der Waals surface area contributed by atoms with Gasteiger partial charge in [-0.05, 0) is 48.4 Å². The van der Waals surface area contributed by atoms with Crippen LogP contribution >= 0.6 is 0 Å². The quantitative estimate of drug-likeness (QED) is 0.388. The van der Waals surface area contributed by atoms with Gasteiger partial charge in [-0.25, -0.2) is 13.1 Å². The van der Waals surface area contributed by atoms with Gasteiger partial charge in [0.05, 0.1) is 41.8 Å². The van der Waals surface area contributed by atoms with Crippen LogP contribution in [0.25, 0.3) is 5.69 Å². The number of hydrogen-bond acceptors (Lipinski definition) is 4. The molecule has 0 saturated carbocycles. The molecule has 0 unspecified atom stereocenters. The second kappa shape index (κ2) is 9.28. The fourth-order valence-electron chi connectivity index (χ4n) is 3.50. The van der Waals surface area contributed by atoms with Crippen molar-refractivity contribution in [1.82, 2.24) is 9.78 Å². The molecule has 1 aromatic heterocycles. The van der Waals surface area contributed by atoms with Crippen molar-refractivity contribution in [3.05, 3.63) is 102 Å². The number of benzene rings is 3. The molecule has 0 N–H and O–H groups in total. The monoisotopic (exact) mass is 447 g/mol. The summed E-state index contributed by atoms with van der Waals surface area (Å²) in [5.74, 6) is 0.602. The van der Waals surface area contributed by atoms with Crippen molar-refractivity contribution in [2.24, 2.45) is 0 Å². The maximum atomic E-state index is 13.8. The molecule has 6 nitrogen and oxygen atoms in total. The Hall–Kier alpha value is -3.58. The summed E-state index contributed by atoms with van der Waals surface area (Å²) in [5, 5.41) is 4.69. The lowest BCUT2D eigenvalue weighted by Gasteiger charge is -2.24. The molecule has 0 saturated heterocycles. The number of anilines is 1. The number of methoxy groups -OCH3 is 1. The number of aryl methyl sites for hydroxylation is 1. The van der Waals surface area contributed by atoms with Crippen LogP contribution in [-0.4, -0.2) is 25.3 Å². The molecule has 0 fully saturated rings. The first-order valence-corrected chi connectivity index (χ1v) is 11.8. The summed E-state index contributed by atoms with van der Waals surface area (Å²) in [7, 11) is -2.30. The number of para-hydroxylation sites is 1. The van der Waals surface area contributed by atoms with Gasteiger partial charge in [0.2, 0.25) is 0 Å². The zero-order chi connectivity index (χ0) is 22.6. The molecule has 7 heteroatoms. The minimum atomic E-state index is -3.85. The summed E-state index contributed by atoms with van der Waals surface area (Å²) in [5.41, 5.74) is 3.03. The standard InChI is InChI=1S/C25H25N3O3S/c1-3-24-25(19-27(26-24)21-12-8-5-9-13-21)28(18-20-10-6-4-7-11-20)32(29,30)23-16-14-22(31-2)15-17-23/h4-17,19H,3,18H2,1-2H3. The largest absolute Gasteiger partial charge is 0.497 e. The molecule has 0 aliphatic rings. The predicted octanol–water partition coefficient (Wildman–Crippen LogP) is 4.84. The van der Waals surface area contributed by atoms with Gasteiger partial charge in [0.1, 0.15) is 5.75 Å². The number of nitrogens with zero attached hydrogens (tertiary/aromatic N) is 3. The second-order valence-electron chi connectivity index (χ2n) is 7.27. The molecule has 4 aromatic rings. The van der Waals surface area contributed by atoms with Crippen LogP contribution in [0.3, 0.4) is 0 Å². The summed E-state index contributed by atoms with van der Waals surface area (Å²) in [6.07, 6.45) is 2.39. The predicted molar refractivity (Wildman–Crippen MR) is 126 cm³/mol. The third-order valence-corrected chi connectivity index (χ3v) is 6.98. The topological polar surface area (TPSA) is 64.4 Å². The van der Waals surface area contributed by atoms with Crippen molar-refractivity contribution < 1.29 is 13.2 Å². The third kappa shape index (κ3) is 4.38. The lowest BCUT2D eigenvalue weighted by Crippen LogP contribution is -2.31. The Morgan fingerprint density at radius 2 is 1.53 bits per heavy atom. The van der Waals surface area contributed by atoms with E-state index >= 15 is 0 Å². The fraction of sp³-hybridized carbons (Fsp3) is 0.160. The van der Waals surface area contributed by atoms with E-state index in [1.807, 2.05) is 67.6 Å². The maximum absolute atomic E-state index is 13.8. The molecule has 0 spiro atoms. The molecular weight excluding hydrogens is 422 g/mol. The van der Waals surface area contributed by atoms with Crippen molar-refractivity contribution in [3.63, 3.8) is 0 Å². The molecule has 0 radical (unpaired) electrons. The summed E-state index contributed by atoms with van der Waals surface area (Å²) >= 11 is 0. The Labute approximate surface area is 188 Å². The van der Waals surface area contributed by atoms with E-state index in [2.05, 4.69) is 5.10 Å². The molecule has 0 aliphatic carbocycles. The van der Waals surface area contributed by atoms with Gasteiger partial charge < -0.3 is 4.74 Å². The van der Waals surface area contributed by atoms with Crippen LogP contribution in [0, 0.1) is 0 Å². The van der Waals surface area contributed by atoms with E-state index in [0.29, 0.717) is 23.6 Å². The normalized spacial score (nSPS) is 11.3. The third-order valence-electron chi connectivity index (χ3n) is 5.21. The van der Waals surface area contributed by atoms with E-state index < -0.39 is 10.0 Å². The Bertz CT molecular complexity index is 1270. The van der Waals surface area contributed by atoms with Crippen LogP contribution in [-0.2, 0) is 23.0 Å². The van der Waals surface area contributed by atoms with Crippen LogP contribution in [0.2, 0.25) is 0 Å². The van der Waals surface area contributed by atoms with E-state index in [9.17, 15) is 8.42 Å². The van der Waals surface area contributed by atoms with Crippen molar-refractivity contribution in [3.8, 4) is 11.4 Å². The van der Waals surface area contributed by atoms with E-state index in [1.54, 1.807) is 42.3 Å². The van der Waals surface area contributed by atoms with E-state index in [4.69, 9.17) is 4.74 Å². The first-order chi connectivity index (χ1) is 15.5. The van der Waals surface area contributed by atoms with Gasteiger partial charge in [0.25, 0.3) is 10.0 Å². The highest BCUT2D eigenvalue weighted by atomic mass is 32.2. The first-order valence-electron chi connectivity index (χ1n) is 10.4. The van der Waals surface area contributed by atoms with Gasteiger partial charge in [-0.2, -0.15) is 5.10 Å². The van der Waals surface area contributed by atoms with Gasteiger partial charge in [-0.15, -0.1) is 0 Å². The summed E-state index contributed by atoms with van der Waals surface area (Å²) in [4.78, 5) is 0.198. The minimum Gasteiger partial charge on any atom is -0.497 e. The van der Waals surface area contributed by atoms with E-state index in [1.165, 1.54) is 4.31 Å². The van der Waals surface area contributed by atoms with E-state index in [0.717, 1.165) is 11.3 Å². The van der Waals surface area contributed by atoms with Crippen molar-refractivity contribution in [2.45, 2.75) is 24.8 Å². The average molecular weight is 448 g/mol. The van der Waals surface area contributed by atoms with Crippen molar-refractivity contribution >= 4 is 15.7 Å². The summed E-state index contributed by atoms with van der Waals surface area (Å²) < 4.78 is 36.0. The van der Waals surface area contributed by atoms with Crippen LogP contribution < -0.4 is 9.04 Å². The molecule has 3 aromatic carbocycles. The molecule has 32 heavy (non-hydrogen) atoms. The Kier molecular flexibility index (Phi) is 6.28. The van der Waals surface area contributed by atoms with Gasteiger partial charge in [0.15, 0.2) is 0 Å². The first kappa shape index (κ1) is 21.6. The lowest BCUT2D eigenvalue weighted by atomic mass is 10.2. The number of hydrogen-bond donors (Lipinski definition) is 0. The summed E-state index contributed by atoms with van der Waals surface area (Å²) in [6.45, 7) is 2.17. The zero-order valence-electron chi connectivity index (χ0n) is 18.0. The Morgan fingerprint density at radius 3 is 2.12 bits per heavy atom. The number of aromatic nitrogens is 2. The highest BCUT2D eigenvalue weighted by molar-refractivity contribution is 7.92. The molecule has 0 amide bonds. The minimum absolute atomic E-state index is 0.197. The Balaban J connectivity index is 1.83. The molecule has 1 heterocycles. The smallest absolute Gasteiger partial charge is 0.264 e. The highest BCUT2D eigenvalue weighted by Crippen LogP contribution is 2.30. The highest BCUT2D eigenvalue weighted by Gasteiger charge is 2.29. The molecule has 0 atom stereocenters. The molecule has 4 rings (SSSR count). The number of rotatable bonds is 8. The molecule has 0 aliphatic heterocycles. The SMILES string of the molecule is CCc1nn(-c2ccccc2)cc1N(Cc1ccccc1)S(=O)(=O)c1ccc(OC)cc1. The second-order valence-corrected chi connectivity index (χ2v) is 9.13. The lowest BCUT2D eigenvalue weighted by molar-refractivity contribution is 0.414. The maximum Gasteiger partial charge on any atom is 0.264 e. The van der Waals surface area contributed by atoms with Crippen LogP contribution in [0.4, 0.5) is 5.69 Å². The summed E-state index contributed by atoms with van der Waals surface area (Å²) in [6, 6.07) is 25.7. The zero-order valence-corrected chi connectivity index (χ0v) is 18.9.